The third-order valence-electron chi connectivity index (χ3n) is 2.35. The van der Waals surface area contributed by atoms with Gasteiger partial charge in [0.15, 0.2) is 0 Å². The number of benzene rings is 1. The average molecular weight is 288 g/mol. The van der Waals surface area contributed by atoms with Crippen LogP contribution in [0.25, 0.3) is 0 Å². The Morgan fingerprint density at radius 1 is 1.44 bits per heavy atom. The topological polar surface area (TPSA) is 89.9 Å². The number of amides is 1. The van der Waals surface area contributed by atoms with E-state index in [1.54, 1.807) is 6.92 Å². The van der Waals surface area contributed by atoms with Gasteiger partial charge in [-0.15, -0.1) is 0 Å². The van der Waals surface area contributed by atoms with Gasteiger partial charge in [-0.3, -0.25) is 4.79 Å². The molecule has 1 amide bonds. The molecule has 96 valence electrons. The SMILES string of the molecule is CC1=NN(c2ccc(S(=O)(=O)[O-])cc2Cl)C(=O)C1. The van der Waals surface area contributed by atoms with Crippen LogP contribution in [-0.2, 0) is 14.9 Å². The van der Waals surface area contributed by atoms with Crippen molar-refractivity contribution in [2.75, 3.05) is 5.01 Å². The average Bonchev–Trinajstić information content (AvgIpc) is 2.56. The molecule has 8 heteroatoms. The van der Waals surface area contributed by atoms with Crippen molar-refractivity contribution < 1.29 is 17.8 Å². The zero-order chi connectivity index (χ0) is 13.5. The molecule has 6 nitrogen and oxygen atoms in total. The van der Waals surface area contributed by atoms with Crippen molar-refractivity contribution >= 4 is 39.0 Å². The van der Waals surface area contributed by atoms with Crippen molar-refractivity contribution in [1.82, 2.24) is 0 Å². The Balaban J connectivity index is 2.46. The summed E-state index contributed by atoms with van der Waals surface area (Å²) in [5.74, 6) is -0.257. The Labute approximate surface area is 109 Å². The van der Waals surface area contributed by atoms with E-state index in [1.165, 1.54) is 6.07 Å². The van der Waals surface area contributed by atoms with E-state index in [4.69, 9.17) is 11.6 Å². The van der Waals surface area contributed by atoms with Gasteiger partial charge in [-0.05, 0) is 25.1 Å². The molecule has 0 saturated heterocycles. The van der Waals surface area contributed by atoms with Gasteiger partial charge in [-0.1, -0.05) is 11.6 Å². The Bertz CT molecular complexity index is 654. The summed E-state index contributed by atoms with van der Waals surface area (Å²) in [4.78, 5) is 11.2. The number of halogens is 1. The molecular formula is C10H8ClN2O4S-. The number of carbonyl (C=O) groups is 1. The van der Waals surface area contributed by atoms with E-state index in [2.05, 4.69) is 5.10 Å². The molecule has 0 aliphatic carbocycles. The zero-order valence-electron chi connectivity index (χ0n) is 9.25. The van der Waals surface area contributed by atoms with Gasteiger partial charge in [-0.2, -0.15) is 10.1 Å². The summed E-state index contributed by atoms with van der Waals surface area (Å²) in [5.41, 5.74) is 0.891. The predicted molar refractivity (Wildman–Crippen MR) is 64.6 cm³/mol. The molecule has 0 spiro atoms. The molecule has 1 aromatic rings. The Morgan fingerprint density at radius 3 is 2.56 bits per heavy atom. The maximum absolute atomic E-state index is 11.6. The van der Waals surface area contributed by atoms with Crippen molar-refractivity contribution in [3.63, 3.8) is 0 Å². The first kappa shape index (κ1) is 13.0. The van der Waals surface area contributed by atoms with Gasteiger partial charge in [0.2, 0.25) is 0 Å². The lowest BCUT2D eigenvalue weighted by molar-refractivity contribution is -0.116. The van der Waals surface area contributed by atoms with E-state index in [0.29, 0.717) is 5.71 Å². The lowest BCUT2D eigenvalue weighted by atomic mass is 10.3. The van der Waals surface area contributed by atoms with Gasteiger partial charge < -0.3 is 4.55 Å². The fourth-order valence-electron chi connectivity index (χ4n) is 1.56. The van der Waals surface area contributed by atoms with Gasteiger partial charge in [0, 0.05) is 5.71 Å². The molecule has 2 rings (SSSR count). The molecule has 0 radical (unpaired) electrons. The third kappa shape index (κ3) is 2.38. The van der Waals surface area contributed by atoms with Gasteiger partial charge in [0.1, 0.15) is 10.1 Å². The van der Waals surface area contributed by atoms with Gasteiger partial charge in [0.05, 0.1) is 22.0 Å². The summed E-state index contributed by atoms with van der Waals surface area (Å²) in [6, 6.07) is 3.39. The highest BCUT2D eigenvalue weighted by molar-refractivity contribution is 7.85. The number of rotatable bonds is 2. The standard InChI is InChI=1S/C10H9ClN2O4S/c1-6-4-10(14)13(12-6)9-3-2-7(5-8(9)11)18(15,16)17/h2-3,5H,4H2,1H3,(H,15,16,17)/p-1. The lowest BCUT2D eigenvalue weighted by Crippen LogP contribution is -2.20. The van der Waals surface area contributed by atoms with Crippen LogP contribution < -0.4 is 5.01 Å². The summed E-state index contributed by atoms with van der Waals surface area (Å²) >= 11 is 5.86. The molecule has 1 aromatic carbocycles. The summed E-state index contributed by atoms with van der Waals surface area (Å²) in [7, 11) is -4.56. The van der Waals surface area contributed by atoms with Crippen LogP contribution >= 0.6 is 11.6 Å². The van der Waals surface area contributed by atoms with Crippen LogP contribution in [0.2, 0.25) is 5.02 Å². The lowest BCUT2D eigenvalue weighted by Gasteiger charge is -2.15. The number of hydrogen-bond acceptors (Lipinski definition) is 5. The van der Waals surface area contributed by atoms with E-state index in [9.17, 15) is 17.8 Å². The van der Waals surface area contributed by atoms with Crippen molar-refractivity contribution in [2.45, 2.75) is 18.2 Å². The van der Waals surface area contributed by atoms with Crippen LogP contribution in [0.1, 0.15) is 13.3 Å². The molecule has 1 aliphatic rings. The Morgan fingerprint density at radius 2 is 2.11 bits per heavy atom. The van der Waals surface area contributed by atoms with Crippen molar-refractivity contribution in [1.29, 1.82) is 0 Å². The first-order valence-electron chi connectivity index (χ1n) is 4.91. The molecule has 0 unspecified atom stereocenters. The van der Waals surface area contributed by atoms with E-state index in [1.807, 2.05) is 0 Å². The largest absolute Gasteiger partial charge is 0.744 e. The van der Waals surface area contributed by atoms with Crippen LogP contribution in [-0.4, -0.2) is 24.6 Å². The normalized spacial score (nSPS) is 16.1. The minimum atomic E-state index is -4.56. The molecule has 0 atom stereocenters. The first-order valence-corrected chi connectivity index (χ1v) is 6.70. The molecule has 1 aliphatic heterocycles. The van der Waals surface area contributed by atoms with Crippen LogP contribution in [0.3, 0.4) is 0 Å². The zero-order valence-corrected chi connectivity index (χ0v) is 10.8. The monoisotopic (exact) mass is 287 g/mol. The molecule has 0 saturated carbocycles. The number of nitrogens with zero attached hydrogens (tertiary/aromatic N) is 2. The van der Waals surface area contributed by atoms with Crippen LogP contribution in [0.5, 0.6) is 0 Å². The van der Waals surface area contributed by atoms with E-state index >= 15 is 0 Å². The summed E-state index contributed by atoms with van der Waals surface area (Å²) in [6.07, 6.45) is 0.192. The predicted octanol–water partition coefficient (Wildman–Crippen LogP) is 1.36. The third-order valence-corrected chi connectivity index (χ3v) is 3.48. The molecule has 18 heavy (non-hydrogen) atoms. The van der Waals surface area contributed by atoms with Crippen molar-refractivity contribution in [2.24, 2.45) is 5.10 Å². The molecule has 1 heterocycles. The van der Waals surface area contributed by atoms with Crippen molar-refractivity contribution in [3.8, 4) is 0 Å². The van der Waals surface area contributed by atoms with Crippen LogP contribution in [0, 0.1) is 0 Å². The Kier molecular flexibility index (Phi) is 3.14. The first-order chi connectivity index (χ1) is 8.29. The number of carbonyl (C=O) groups excluding carboxylic acids is 1. The maximum Gasteiger partial charge on any atom is 0.253 e. The van der Waals surface area contributed by atoms with Gasteiger partial charge in [-0.25, -0.2) is 8.42 Å². The molecule has 0 N–H and O–H groups in total. The number of hydrazone groups is 1. The van der Waals surface area contributed by atoms with E-state index in [0.717, 1.165) is 17.1 Å². The van der Waals surface area contributed by atoms with Gasteiger partial charge in [0.25, 0.3) is 5.91 Å². The summed E-state index contributed by atoms with van der Waals surface area (Å²) in [5, 5.41) is 5.06. The van der Waals surface area contributed by atoms with E-state index in [-0.39, 0.29) is 23.0 Å². The quantitative estimate of drug-likeness (QED) is 0.768. The molecule has 0 aromatic heterocycles. The summed E-state index contributed by atoms with van der Waals surface area (Å²) < 4.78 is 32.4. The highest BCUT2D eigenvalue weighted by atomic mass is 35.5. The fraction of sp³-hybridized carbons (Fsp3) is 0.200. The highest BCUT2D eigenvalue weighted by Crippen LogP contribution is 2.31. The number of anilines is 1. The highest BCUT2D eigenvalue weighted by Gasteiger charge is 2.24. The number of hydrogen-bond donors (Lipinski definition) is 0. The second-order valence-electron chi connectivity index (χ2n) is 3.78. The van der Waals surface area contributed by atoms with Crippen LogP contribution in [0.4, 0.5) is 5.69 Å². The van der Waals surface area contributed by atoms with Crippen molar-refractivity contribution in [3.05, 3.63) is 23.2 Å². The minimum absolute atomic E-state index is 0.0151. The fourth-order valence-corrected chi connectivity index (χ4v) is 2.38. The van der Waals surface area contributed by atoms with E-state index < -0.39 is 15.0 Å². The minimum Gasteiger partial charge on any atom is -0.744 e. The Hall–Kier alpha value is -1.44. The smallest absolute Gasteiger partial charge is 0.253 e. The maximum atomic E-state index is 11.6. The molecule has 0 fully saturated rings. The van der Waals surface area contributed by atoms with Gasteiger partial charge >= 0.3 is 0 Å². The molecule has 0 bridgehead atoms. The van der Waals surface area contributed by atoms with Crippen LogP contribution in [0.15, 0.2) is 28.2 Å². The second kappa shape index (κ2) is 4.34. The summed E-state index contributed by atoms with van der Waals surface area (Å²) in [6.45, 7) is 1.70. The molecular weight excluding hydrogens is 280 g/mol. The second-order valence-corrected chi connectivity index (χ2v) is 5.57.